The zero-order chi connectivity index (χ0) is 29.0. The van der Waals surface area contributed by atoms with Crippen LogP contribution in [0.3, 0.4) is 0 Å². The van der Waals surface area contributed by atoms with E-state index in [1.54, 1.807) is 7.11 Å². The fraction of sp³-hybridized carbons (Fsp3) is 0.679. The third-order valence-electron chi connectivity index (χ3n) is 8.38. The van der Waals surface area contributed by atoms with Gasteiger partial charge in [-0.05, 0) is 68.8 Å². The number of hydrogen-bond acceptors (Lipinski definition) is 5. The number of carboxylic acid groups (broad SMARTS) is 1. The lowest BCUT2D eigenvalue weighted by Gasteiger charge is -2.44. The Labute approximate surface area is 228 Å². The molecule has 0 radical (unpaired) electrons. The number of halogens is 3. The number of piperidine rings is 2. The van der Waals surface area contributed by atoms with E-state index in [9.17, 15) is 22.8 Å². The third-order valence-corrected chi connectivity index (χ3v) is 8.38. The topological polar surface area (TPSA) is 90.4 Å². The number of amides is 2. The van der Waals surface area contributed by atoms with Gasteiger partial charge in [0.05, 0.1) is 18.9 Å². The first-order chi connectivity index (χ1) is 18.2. The maximum absolute atomic E-state index is 13.4. The fourth-order valence-corrected chi connectivity index (χ4v) is 6.18. The van der Waals surface area contributed by atoms with E-state index in [1.807, 2.05) is 36.2 Å². The molecule has 3 saturated heterocycles. The van der Waals surface area contributed by atoms with Crippen molar-refractivity contribution >= 4 is 17.8 Å². The smallest absolute Gasteiger partial charge is 0.490 e. The summed E-state index contributed by atoms with van der Waals surface area (Å²) in [5.41, 5.74) is 0.752. The second-order valence-corrected chi connectivity index (χ2v) is 11.4. The lowest BCUT2D eigenvalue weighted by molar-refractivity contribution is -0.192. The van der Waals surface area contributed by atoms with Crippen LogP contribution < -0.4 is 4.74 Å². The van der Waals surface area contributed by atoms with Crippen LogP contribution in [0, 0.1) is 11.3 Å². The van der Waals surface area contributed by atoms with E-state index in [0.717, 1.165) is 76.1 Å². The Morgan fingerprint density at radius 2 is 1.56 bits per heavy atom. The van der Waals surface area contributed by atoms with Crippen LogP contribution in [0.2, 0.25) is 0 Å². The van der Waals surface area contributed by atoms with E-state index in [2.05, 4.69) is 23.6 Å². The molecular formula is C28H40F3N3O5. The van der Waals surface area contributed by atoms with Crippen molar-refractivity contribution in [2.75, 3.05) is 46.9 Å². The number of carboxylic acids is 1. The fourth-order valence-electron chi connectivity index (χ4n) is 6.18. The first-order valence-electron chi connectivity index (χ1n) is 13.4. The molecule has 39 heavy (non-hydrogen) atoms. The van der Waals surface area contributed by atoms with E-state index in [0.29, 0.717) is 18.2 Å². The standard InChI is InChI=1S/C26H39N3O3.C2HF3O2/c1-20(2)18-28-13-9-25(10-14-28)19-26(27(3)24(25)31)11-15-29(16-12-26)23(30)17-21-5-7-22(32-4)8-6-21;3-2(4,5)1(6)7/h5-8,20H,9-19H2,1-4H3;(H,6,7). The summed E-state index contributed by atoms with van der Waals surface area (Å²) in [7, 11) is 3.65. The van der Waals surface area contributed by atoms with Crippen LogP contribution in [0.5, 0.6) is 5.75 Å². The molecule has 3 aliphatic rings. The normalized spacial score (nSPS) is 20.8. The van der Waals surface area contributed by atoms with Gasteiger partial charge in [-0.25, -0.2) is 4.79 Å². The molecule has 2 amide bonds. The Hall–Kier alpha value is -2.82. The number of carbonyl (C=O) groups excluding carboxylic acids is 2. The molecule has 4 rings (SSSR count). The van der Waals surface area contributed by atoms with Crippen LogP contribution in [-0.4, -0.2) is 96.2 Å². The number of benzene rings is 1. The number of rotatable bonds is 5. The zero-order valence-corrected chi connectivity index (χ0v) is 23.2. The number of likely N-dealkylation sites (tertiary alicyclic amines) is 3. The Kier molecular flexibility index (Phi) is 9.56. The van der Waals surface area contributed by atoms with Crippen molar-refractivity contribution in [3.63, 3.8) is 0 Å². The quantitative estimate of drug-likeness (QED) is 0.594. The monoisotopic (exact) mass is 555 g/mol. The molecule has 0 saturated carbocycles. The average molecular weight is 556 g/mol. The highest BCUT2D eigenvalue weighted by Gasteiger charge is 2.58. The maximum Gasteiger partial charge on any atom is 0.490 e. The highest BCUT2D eigenvalue weighted by Crippen LogP contribution is 2.52. The second-order valence-electron chi connectivity index (χ2n) is 11.4. The van der Waals surface area contributed by atoms with Gasteiger partial charge in [0, 0.05) is 32.2 Å². The molecule has 1 aromatic carbocycles. The largest absolute Gasteiger partial charge is 0.497 e. The Morgan fingerprint density at radius 3 is 2.03 bits per heavy atom. The predicted molar refractivity (Wildman–Crippen MR) is 139 cm³/mol. The summed E-state index contributed by atoms with van der Waals surface area (Å²) >= 11 is 0. The van der Waals surface area contributed by atoms with Crippen molar-refractivity contribution in [3.8, 4) is 5.75 Å². The average Bonchev–Trinajstić information content (AvgIpc) is 3.07. The van der Waals surface area contributed by atoms with Gasteiger partial charge in [0.25, 0.3) is 0 Å². The van der Waals surface area contributed by atoms with E-state index in [4.69, 9.17) is 14.6 Å². The molecule has 0 aliphatic carbocycles. The maximum atomic E-state index is 13.4. The van der Waals surface area contributed by atoms with Crippen molar-refractivity contribution < 1.29 is 37.4 Å². The molecule has 8 nitrogen and oxygen atoms in total. The van der Waals surface area contributed by atoms with Crippen LogP contribution >= 0.6 is 0 Å². The van der Waals surface area contributed by atoms with Gasteiger partial charge in [0.2, 0.25) is 11.8 Å². The van der Waals surface area contributed by atoms with E-state index < -0.39 is 12.1 Å². The summed E-state index contributed by atoms with van der Waals surface area (Å²) in [6.07, 6.45) is 0.0321. The Balaban J connectivity index is 0.000000532. The number of ether oxygens (including phenoxy) is 1. The molecule has 0 unspecified atom stereocenters. The molecule has 0 bridgehead atoms. The minimum Gasteiger partial charge on any atom is -0.497 e. The van der Waals surface area contributed by atoms with E-state index in [-0.39, 0.29) is 16.9 Å². The molecular weight excluding hydrogens is 515 g/mol. The molecule has 11 heteroatoms. The Bertz CT molecular complexity index is 1010. The number of hydrogen-bond donors (Lipinski definition) is 1. The lowest BCUT2D eigenvalue weighted by Crippen LogP contribution is -2.53. The van der Waals surface area contributed by atoms with Gasteiger partial charge >= 0.3 is 12.1 Å². The first-order valence-corrected chi connectivity index (χ1v) is 13.4. The van der Waals surface area contributed by atoms with Gasteiger partial charge in [-0.2, -0.15) is 13.2 Å². The van der Waals surface area contributed by atoms with Crippen LogP contribution in [0.25, 0.3) is 0 Å². The molecule has 2 spiro atoms. The molecule has 218 valence electrons. The first kappa shape index (κ1) is 30.7. The Morgan fingerprint density at radius 1 is 1.03 bits per heavy atom. The molecule has 3 aliphatic heterocycles. The van der Waals surface area contributed by atoms with Crippen molar-refractivity contribution in [3.05, 3.63) is 29.8 Å². The van der Waals surface area contributed by atoms with Crippen molar-refractivity contribution in [2.24, 2.45) is 11.3 Å². The van der Waals surface area contributed by atoms with E-state index >= 15 is 0 Å². The van der Waals surface area contributed by atoms with Crippen molar-refractivity contribution in [2.45, 2.75) is 64.1 Å². The molecule has 3 fully saturated rings. The molecule has 3 heterocycles. The highest BCUT2D eigenvalue weighted by atomic mass is 19.4. The van der Waals surface area contributed by atoms with Gasteiger partial charge in [-0.3, -0.25) is 9.59 Å². The summed E-state index contributed by atoms with van der Waals surface area (Å²) in [6, 6.07) is 7.72. The summed E-state index contributed by atoms with van der Waals surface area (Å²) < 4.78 is 36.9. The van der Waals surface area contributed by atoms with Crippen molar-refractivity contribution in [1.82, 2.24) is 14.7 Å². The second kappa shape index (κ2) is 12.1. The zero-order valence-electron chi connectivity index (χ0n) is 23.2. The van der Waals surface area contributed by atoms with Gasteiger partial charge in [0.15, 0.2) is 0 Å². The number of alkyl halides is 3. The molecule has 0 aromatic heterocycles. The minimum atomic E-state index is -5.08. The number of nitrogens with zero attached hydrogens (tertiary/aromatic N) is 3. The van der Waals surface area contributed by atoms with Crippen molar-refractivity contribution in [1.29, 1.82) is 0 Å². The van der Waals surface area contributed by atoms with Gasteiger partial charge < -0.3 is 24.5 Å². The molecule has 0 atom stereocenters. The van der Waals surface area contributed by atoms with Gasteiger partial charge in [0.1, 0.15) is 5.75 Å². The van der Waals surface area contributed by atoms with Crippen LogP contribution in [-0.2, 0) is 20.8 Å². The summed E-state index contributed by atoms with van der Waals surface area (Å²) in [5.74, 6) is -0.767. The van der Waals surface area contributed by atoms with E-state index in [1.165, 1.54) is 0 Å². The summed E-state index contributed by atoms with van der Waals surface area (Å²) in [5, 5.41) is 7.12. The highest BCUT2D eigenvalue weighted by molar-refractivity contribution is 5.86. The number of methoxy groups -OCH3 is 1. The van der Waals surface area contributed by atoms with Gasteiger partial charge in [-0.1, -0.05) is 26.0 Å². The number of carbonyl (C=O) groups is 3. The SMILES string of the molecule is COc1ccc(CC(=O)N2CCC3(CC2)CC2(CCN(CC(C)C)CC2)C(=O)N3C)cc1.O=C(O)C(F)(F)F. The van der Waals surface area contributed by atoms with Gasteiger partial charge in [-0.15, -0.1) is 0 Å². The molecule has 1 aromatic rings. The number of aliphatic carboxylic acids is 1. The van der Waals surface area contributed by atoms with Crippen LogP contribution in [0.4, 0.5) is 13.2 Å². The molecule has 1 N–H and O–H groups in total. The predicted octanol–water partition coefficient (Wildman–Crippen LogP) is 3.83. The third kappa shape index (κ3) is 7.23. The minimum absolute atomic E-state index is 0.0752. The lowest BCUT2D eigenvalue weighted by atomic mass is 9.71. The summed E-state index contributed by atoms with van der Waals surface area (Å²) in [4.78, 5) is 41.8. The summed E-state index contributed by atoms with van der Waals surface area (Å²) in [6.45, 7) is 9.18. The van der Waals surface area contributed by atoms with Crippen LogP contribution in [0.15, 0.2) is 24.3 Å². The van der Waals surface area contributed by atoms with Crippen LogP contribution in [0.1, 0.15) is 51.5 Å².